The minimum atomic E-state index is -0.284. The van der Waals surface area contributed by atoms with E-state index in [2.05, 4.69) is 10.2 Å². The van der Waals surface area contributed by atoms with Crippen LogP contribution in [0.1, 0.15) is 12.5 Å². The zero-order valence-electron chi connectivity index (χ0n) is 10.4. The molecule has 1 heterocycles. The summed E-state index contributed by atoms with van der Waals surface area (Å²) in [6.45, 7) is 2.60. The Labute approximate surface area is 116 Å². The number of nitrogens with zero attached hydrogens (tertiary/aromatic N) is 3. The van der Waals surface area contributed by atoms with E-state index in [0.29, 0.717) is 17.9 Å². The molecule has 19 heavy (non-hydrogen) atoms. The van der Waals surface area contributed by atoms with Crippen LogP contribution >= 0.6 is 12.2 Å². The quantitative estimate of drug-likeness (QED) is 0.869. The first-order valence-electron chi connectivity index (χ1n) is 5.78. The number of halogens is 1. The second-order valence-corrected chi connectivity index (χ2v) is 4.29. The van der Waals surface area contributed by atoms with Crippen molar-refractivity contribution in [3.63, 3.8) is 0 Å². The Morgan fingerprint density at radius 2 is 2.00 bits per heavy atom. The lowest BCUT2D eigenvalue weighted by molar-refractivity contribution is 0.627. The summed E-state index contributed by atoms with van der Waals surface area (Å²) in [6.07, 6.45) is 1.54. The van der Waals surface area contributed by atoms with Gasteiger partial charge >= 0.3 is 0 Å². The lowest BCUT2D eigenvalue weighted by Crippen LogP contribution is -2.23. The van der Waals surface area contributed by atoms with Gasteiger partial charge in [-0.15, -0.1) is 5.10 Å². The largest absolute Gasteiger partial charge is 0.389 e. The van der Waals surface area contributed by atoms with E-state index in [1.54, 1.807) is 18.2 Å². The SMILES string of the molecule is CCN(c1ccc(F)cc1)c1nnccc1C(N)=S. The summed E-state index contributed by atoms with van der Waals surface area (Å²) in [5.74, 6) is 0.289. The molecule has 0 spiro atoms. The highest BCUT2D eigenvalue weighted by Crippen LogP contribution is 2.25. The van der Waals surface area contributed by atoms with Crippen molar-refractivity contribution in [2.75, 3.05) is 11.4 Å². The van der Waals surface area contributed by atoms with Gasteiger partial charge in [0.2, 0.25) is 0 Å². The van der Waals surface area contributed by atoms with Gasteiger partial charge in [0.15, 0.2) is 5.82 Å². The molecule has 0 unspecified atom stereocenters. The van der Waals surface area contributed by atoms with Crippen LogP contribution in [0.5, 0.6) is 0 Å². The Balaban J connectivity index is 2.48. The molecule has 2 N–H and O–H groups in total. The van der Waals surface area contributed by atoms with Gasteiger partial charge in [-0.1, -0.05) is 12.2 Å². The van der Waals surface area contributed by atoms with Crippen molar-refractivity contribution in [1.82, 2.24) is 10.2 Å². The summed E-state index contributed by atoms with van der Waals surface area (Å²) in [4.78, 5) is 2.13. The Kier molecular flexibility index (Phi) is 4.01. The number of hydrogen-bond donors (Lipinski definition) is 1. The first kappa shape index (κ1) is 13.4. The molecule has 0 bridgehead atoms. The lowest BCUT2D eigenvalue weighted by Gasteiger charge is -2.23. The van der Waals surface area contributed by atoms with E-state index in [1.165, 1.54) is 18.3 Å². The monoisotopic (exact) mass is 276 g/mol. The maximum absolute atomic E-state index is 13.0. The topological polar surface area (TPSA) is 55.0 Å². The summed E-state index contributed by atoms with van der Waals surface area (Å²) in [6, 6.07) is 7.87. The molecule has 0 saturated carbocycles. The van der Waals surface area contributed by atoms with E-state index in [1.807, 2.05) is 11.8 Å². The summed E-state index contributed by atoms with van der Waals surface area (Å²) < 4.78 is 13.0. The molecular weight excluding hydrogens is 263 g/mol. The van der Waals surface area contributed by atoms with Crippen LogP contribution in [0.4, 0.5) is 15.9 Å². The highest BCUT2D eigenvalue weighted by Gasteiger charge is 2.15. The number of hydrogen-bond acceptors (Lipinski definition) is 4. The van der Waals surface area contributed by atoms with E-state index in [0.717, 1.165) is 5.69 Å². The van der Waals surface area contributed by atoms with Gasteiger partial charge in [-0.25, -0.2) is 4.39 Å². The smallest absolute Gasteiger partial charge is 0.165 e. The van der Waals surface area contributed by atoms with Crippen molar-refractivity contribution < 1.29 is 4.39 Å². The average Bonchev–Trinajstić information content (AvgIpc) is 2.42. The maximum Gasteiger partial charge on any atom is 0.165 e. The van der Waals surface area contributed by atoms with Crippen molar-refractivity contribution in [3.05, 3.63) is 47.9 Å². The van der Waals surface area contributed by atoms with Gasteiger partial charge in [0.25, 0.3) is 0 Å². The Morgan fingerprint density at radius 3 is 2.58 bits per heavy atom. The van der Waals surface area contributed by atoms with E-state index >= 15 is 0 Å². The molecule has 0 aliphatic carbocycles. The van der Waals surface area contributed by atoms with Crippen molar-refractivity contribution in [2.45, 2.75) is 6.92 Å². The summed E-state index contributed by atoms with van der Waals surface area (Å²) in [5.41, 5.74) is 7.14. The number of rotatable bonds is 4. The molecule has 0 saturated heterocycles. The van der Waals surface area contributed by atoms with Gasteiger partial charge in [-0.2, -0.15) is 5.10 Å². The maximum atomic E-state index is 13.0. The van der Waals surface area contributed by atoms with Crippen molar-refractivity contribution in [1.29, 1.82) is 0 Å². The summed E-state index contributed by atoms with van der Waals surface area (Å²) >= 11 is 5.01. The molecule has 2 aromatic rings. The van der Waals surface area contributed by atoms with Crippen LogP contribution in [0.3, 0.4) is 0 Å². The molecule has 0 fully saturated rings. The van der Waals surface area contributed by atoms with Crippen LogP contribution in [0.15, 0.2) is 36.5 Å². The Bertz CT molecular complexity index is 585. The molecule has 2 rings (SSSR count). The third-order valence-corrected chi connectivity index (χ3v) is 2.90. The molecule has 0 atom stereocenters. The van der Waals surface area contributed by atoms with E-state index in [-0.39, 0.29) is 10.8 Å². The zero-order valence-corrected chi connectivity index (χ0v) is 11.2. The molecule has 1 aromatic carbocycles. The van der Waals surface area contributed by atoms with Gasteiger partial charge in [-0.05, 0) is 37.3 Å². The van der Waals surface area contributed by atoms with Crippen molar-refractivity contribution in [3.8, 4) is 0 Å². The fourth-order valence-corrected chi connectivity index (χ4v) is 1.95. The van der Waals surface area contributed by atoms with Crippen LogP contribution in [0.25, 0.3) is 0 Å². The average molecular weight is 276 g/mol. The first-order valence-corrected chi connectivity index (χ1v) is 6.19. The van der Waals surface area contributed by atoms with Gasteiger partial charge in [0, 0.05) is 12.2 Å². The highest BCUT2D eigenvalue weighted by atomic mass is 32.1. The van der Waals surface area contributed by atoms with Gasteiger partial charge in [0.1, 0.15) is 10.8 Å². The van der Waals surface area contributed by atoms with Crippen molar-refractivity contribution >= 4 is 28.7 Å². The number of nitrogens with two attached hydrogens (primary N) is 1. The highest BCUT2D eigenvalue weighted by molar-refractivity contribution is 7.80. The molecule has 98 valence electrons. The minimum Gasteiger partial charge on any atom is -0.389 e. The standard InChI is InChI=1S/C13H13FN4S/c1-2-18(10-5-3-9(14)4-6-10)13-11(12(15)19)7-8-16-17-13/h3-8H,2H2,1H3,(H2,15,19). The third kappa shape index (κ3) is 2.85. The van der Waals surface area contributed by atoms with Crippen LogP contribution in [-0.4, -0.2) is 21.7 Å². The van der Waals surface area contributed by atoms with Gasteiger partial charge < -0.3 is 10.6 Å². The zero-order chi connectivity index (χ0) is 13.8. The van der Waals surface area contributed by atoms with Crippen LogP contribution in [0, 0.1) is 5.82 Å². The Morgan fingerprint density at radius 1 is 1.32 bits per heavy atom. The lowest BCUT2D eigenvalue weighted by atomic mass is 10.2. The molecule has 0 amide bonds. The molecule has 0 aliphatic rings. The fraction of sp³-hybridized carbons (Fsp3) is 0.154. The van der Waals surface area contributed by atoms with Crippen molar-refractivity contribution in [2.24, 2.45) is 5.73 Å². The molecule has 0 aliphatic heterocycles. The molecule has 0 radical (unpaired) electrons. The van der Waals surface area contributed by atoms with Crippen LogP contribution < -0.4 is 10.6 Å². The number of benzene rings is 1. The first-order chi connectivity index (χ1) is 9.13. The number of thiocarbonyl (C=S) groups is 1. The summed E-state index contributed by atoms with van der Waals surface area (Å²) in [5, 5.41) is 7.94. The molecule has 1 aromatic heterocycles. The fourth-order valence-electron chi connectivity index (χ4n) is 1.79. The third-order valence-electron chi connectivity index (χ3n) is 2.68. The van der Waals surface area contributed by atoms with Crippen LogP contribution in [-0.2, 0) is 0 Å². The van der Waals surface area contributed by atoms with Gasteiger partial charge in [-0.3, -0.25) is 0 Å². The van der Waals surface area contributed by atoms with E-state index in [9.17, 15) is 4.39 Å². The summed E-state index contributed by atoms with van der Waals surface area (Å²) in [7, 11) is 0. The number of aromatic nitrogens is 2. The minimum absolute atomic E-state index is 0.255. The molecule has 4 nitrogen and oxygen atoms in total. The predicted octanol–water partition coefficient (Wildman–Crippen LogP) is 2.41. The normalized spacial score (nSPS) is 10.2. The van der Waals surface area contributed by atoms with Crippen LogP contribution in [0.2, 0.25) is 0 Å². The van der Waals surface area contributed by atoms with E-state index in [4.69, 9.17) is 18.0 Å². The number of anilines is 2. The second kappa shape index (κ2) is 5.71. The van der Waals surface area contributed by atoms with Gasteiger partial charge in [0.05, 0.1) is 11.8 Å². The molecule has 6 heteroatoms. The molecular formula is C13H13FN4S. The predicted molar refractivity (Wildman–Crippen MR) is 77.0 cm³/mol. The van der Waals surface area contributed by atoms with E-state index < -0.39 is 0 Å². The Hall–Kier alpha value is -2.08. The second-order valence-electron chi connectivity index (χ2n) is 3.85.